The molecule has 0 unspecified atom stereocenters. The maximum atomic E-state index is 5.68. The highest BCUT2D eigenvalue weighted by atomic mass is 16.7. The molecule has 0 aromatic heterocycles. The average Bonchev–Trinajstić information content (AvgIpc) is 2.76. The van der Waals surface area contributed by atoms with Crippen molar-refractivity contribution >= 4 is 11.4 Å². The van der Waals surface area contributed by atoms with Crippen LogP contribution in [0.1, 0.15) is 17.5 Å². The van der Waals surface area contributed by atoms with Gasteiger partial charge in [0.25, 0.3) is 5.88 Å². The number of nitrogens with one attached hydrogen (secondary N) is 1. The lowest BCUT2D eigenvalue weighted by molar-refractivity contribution is 0.271. The van der Waals surface area contributed by atoms with Gasteiger partial charge in [-0.15, -0.1) is 0 Å². The molecule has 1 N–H and O–H groups in total. The van der Waals surface area contributed by atoms with Crippen molar-refractivity contribution in [3.63, 3.8) is 0 Å². The highest BCUT2D eigenvalue weighted by Crippen LogP contribution is 2.16. The van der Waals surface area contributed by atoms with Gasteiger partial charge in [-0.2, -0.15) is 0 Å². The van der Waals surface area contributed by atoms with Gasteiger partial charge in [0.05, 0.1) is 17.6 Å². The number of para-hydroxylation sites is 1. The molecule has 2 aromatic carbocycles. The summed E-state index contributed by atoms with van der Waals surface area (Å²) in [6.07, 6.45) is 2.80. The Bertz CT molecular complexity index is 705. The van der Waals surface area contributed by atoms with E-state index in [1.54, 1.807) is 0 Å². The lowest BCUT2D eigenvalue weighted by atomic mass is 10.1. The lowest BCUT2D eigenvalue weighted by Crippen LogP contribution is -2.14. The average molecular weight is 307 g/mol. The van der Waals surface area contributed by atoms with Gasteiger partial charge in [-0.05, 0) is 24.6 Å². The molecule has 0 radical (unpaired) electrons. The maximum absolute atomic E-state index is 5.68. The molecule has 4 nitrogen and oxygen atoms in total. The number of hydrogen-bond donors (Lipinski definition) is 1. The third-order valence-electron chi connectivity index (χ3n) is 3.71. The van der Waals surface area contributed by atoms with Crippen LogP contribution in [-0.4, -0.2) is 24.2 Å². The second-order valence-corrected chi connectivity index (χ2v) is 5.69. The molecule has 0 spiro atoms. The van der Waals surface area contributed by atoms with Crippen LogP contribution in [0, 0.1) is 6.92 Å². The van der Waals surface area contributed by atoms with Crippen LogP contribution in [-0.2, 0) is 4.84 Å². The summed E-state index contributed by atoms with van der Waals surface area (Å²) in [6.45, 7) is 3.00. The Hall–Kier alpha value is -2.75. The predicted octanol–water partition coefficient (Wildman–Crippen LogP) is 3.96. The van der Waals surface area contributed by atoms with E-state index in [0.29, 0.717) is 5.88 Å². The van der Waals surface area contributed by atoms with Gasteiger partial charge in [-0.3, -0.25) is 0 Å². The summed E-state index contributed by atoms with van der Waals surface area (Å²) in [5.74, 6) is 0.560. The Morgan fingerprint density at radius 2 is 1.78 bits per heavy atom. The van der Waals surface area contributed by atoms with Crippen molar-refractivity contribution in [1.29, 1.82) is 0 Å². The van der Waals surface area contributed by atoms with E-state index < -0.39 is 0 Å². The molecule has 1 aliphatic heterocycles. The van der Waals surface area contributed by atoms with Gasteiger partial charge >= 0.3 is 0 Å². The fourth-order valence-electron chi connectivity index (χ4n) is 2.37. The third kappa shape index (κ3) is 4.13. The van der Waals surface area contributed by atoms with Gasteiger partial charge in [0.1, 0.15) is 0 Å². The number of anilines is 1. The molecule has 4 heteroatoms. The molecule has 1 heterocycles. The Kier molecular flexibility index (Phi) is 4.62. The van der Waals surface area contributed by atoms with Crippen LogP contribution in [0.15, 0.2) is 71.7 Å². The van der Waals surface area contributed by atoms with Gasteiger partial charge in [0.15, 0.2) is 0 Å². The molecular formula is C19H21N3O. The maximum Gasteiger partial charge on any atom is 0.261 e. The number of benzene rings is 2. The predicted molar refractivity (Wildman–Crippen MR) is 94.2 cm³/mol. The summed E-state index contributed by atoms with van der Waals surface area (Å²) in [5.41, 5.74) is 7.26. The van der Waals surface area contributed by atoms with Crippen LogP contribution < -0.4 is 5.48 Å². The molecule has 2 aromatic rings. The second-order valence-electron chi connectivity index (χ2n) is 5.69. The van der Waals surface area contributed by atoms with Gasteiger partial charge in [0.2, 0.25) is 0 Å². The van der Waals surface area contributed by atoms with Crippen molar-refractivity contribution < 1.29 is 4.84 Å². The zero-order valence-electron chi connectivity index (χ0n) is 13.5. The zero-order chi connectivity index (χ0) is 16.1. The molecule has 1 aliphatic rings. The number of nitrogens with zero attached hydrogens (tertiary/aromatic N) is 2. The van der Waals surface area contributed by atoms with Crippen LogP contribution in [0.2, 0.25) is 0 Å². The van der Waals surface area contributed by atoms with E-state index in [-0.39, 0.29) is 0 Å². The first kappa shape index (κ1) is 15.2. The fraction of sp³-hybridized carbons (Fsp3) is 0.211. The lowest BCUT2D eigenvalue weighted by Gasteiger charge is -2.12. The largest absolute Gasteiger partial charge is 0.376 e. The second kappa shape index (κ2) is 7.01. The minimum absolute atomic E-state index is 0.560. The quantitative estimate of drug-likeness (QED) is 0.869. The normalized spacial score (nSPS) is 14.6. The Morgan fingerprint density at radius 3 is 2.52 bits per heavy atom. The van der Waals surface area contributed by atoms with E-state index in [1.807, 2.05) is 43.6 Å². The van der Waals surface area contributed by atoms with Crippen molar-refractivity contribution in [1.82, 2.24) is 4.90 Å². The molecule has 0 saturated heterocycles. The van der Waals surface area contributed by atoms with Gasteiger partial charge in [-0.25, -0.2) is 10.5 Å². The van der Waals surface area contributed by atoms with Crippen LogP contribution in [0.25, 0.3) is 0 Å². The van der Waals surface area contributed by atoms with E-state index >= 15 is 0 Å². The Morgan fingerprint density at radius 1 is 1.04 bits per heavy atom. The molecule has 118 valence electrons. The molecule has 0 amide bonds. The summed E-state index contributed by atoms with van der Waals surface area (Å²) in [5, 5.41) is 0. The summed E-state index contributed by atoms with van der Waals surface area (Å²) >= 11 is 0. The van der Waals surface area contributed by atoms with Gasteiger partial charge in [0, 0.05) is 20.0 Å². The monoisotopic (exact) mass is 307 g/mol. The van der Waals surface area contributed by atoms with Crippen molar-refractivity contribution in [3.05, 3.63) is 77.8 Å². The highest BCUT2D eigenvalue weighted by molar-refractivity contribution is 6.01. The van der Waals surface area contributed by atoms with Crippen LogP contribution in [0.4, 0.5) is 5.69 Å². The van der Waals surface area contributed by atoms with Gasteiger partial charge in [-0.1, -0.05) is 48.0 Å². The molecule has 23 heavy (non-hydrogen) atoms. The number of rotatable bonds is 4. The molecule has 0 bridgehead atoms. The summed E-state index contributed by atoms with van der Waals surface area (Å²) < 4.78 is 0. The van der Waals surface area contributed by atoms with Crippen molar-refractivity contribution in [3.8, 4) is 0 Å². The standard InChI is InChI=1S/C19H21N3O/c1-15-8-10-16(11-9-15)18-12-13-22(2)14-19(20-18)23-21-17-6-4-3-5-7-17/h3-11,14,21H,12-13H2,1-2H3. The topological polar surface area (TPSA) is 36.9 Å². The van der Waals surface area contributed by atoms with E-state index in [4.69, 9.17) is 9.83 Å². The first-order chi connectivity index (χ1) is 11.2. The molecule has 0 fully saturated rings. The van der Waals surface area contributed by atoms with Gasteiger partial charge < -0.3 is 9.74 Å². The minimum atomic E-state index is 0.560. The van der Waals surface area contributed by atoms with Crippen LogP contribution in [0.5, 0.6) is 0 Å². The van der Waals surface area contributed by atoms with E-state index in [1.165, 1.54) is 5.56 Å². The molecule has 0 aliphatic carbocycles. The molecule has 0 saturated carbocycles. The number of aryl methyl sites for hydroxylation is 1. The highest BCUT2D eigenvalue weighted by Gasteiger charge is 2.12. The van der Waals surface area contributed by atoms with Crippen molar-refractivity contribution in [2.24, 2.45) is 4.99 Å². The van der Waals surface area contributed by atoms with E-state index in [0.717, 1.165) is 29.9 Å². The van der Waals surface area contributed by atoms with E-state index in [2.05, 4.69) is 41.6 Å². The van der Waals surface area contributed by atoms with Crippen LogP contribution in [0.3, 0.4) is 0 Å². The van der Waals surface area contributed by atoms with E-state index in [9.17, 15) is 0 Å². The zero-order valence-corrected chi connectivity index (χ0v) is 13.5. The molecular weight excluding hydrogens is 286 g/mol. The summed E-state index contributed by atoms with van der Waals surface area (Å²) in [4.78, 5) is 12.5. The van der Waals surface area contributed by atoms with Crippen molar-refractivity contribution in [2.45, 2.75) is 13.3 Å². The fourth-order valence-corrected chi connectivity index (χ4v) is 2.37. The Balaban J connectivity index is 1.78. The number of aliphatic imine (C=N–C) groups is 1. The molecule has 3 rings (SSSR count). The van der Waals surface area contributed by atoms with Crippen LogP contribution >= 0.6 is 0 Å². The first-order valence-corrected chi connectivity index (χ1v) is 7.75. The number of hydrogen-bond acceptors (Lipinski definition) is 4. The first-order valence-electron chi connectivity index (χ1n) is 7.75. The third-order valence-corrected chi connectivity index (χ3v) is 3.71. The summed E-state index contributed by atoms with van der Waals surface area (Å²) in [7, 11) is 2.03. The SMILES string of the molecule is Cc1ccc(C2=NC(ONc3ccccc3)=CN(C)CC2)cc1. The summed E-state index contributed by atoms with van der Waals surface area (Å²) in [6, 6.07) is 18.2. The minimum Gasteiger partial charge on any atom is -0.376 e. The Labute approximate surface area is 137 Å². The molecule has 0 atom stereocenters. The smallest absolute Gasteiger partial charge is 0.261 e. The van der Waals surface area contributed by atoms with Crippen molar-refractivity contribution in [2.75, 3.05) is 19.1 Å².